The molecular formula is C20H24O5. The minimum atomic E-state index is -1.15. The summed E-state index contributed by atoms with van der Waals surface area (Å²) in [6.07, 6.45) is 0. The minimum Gasteiger partial charge on any atom is -0.489 e. The van der Waals surface area contributed by atoms with Gasteiger partial charge in [-0.1, -0.05) is 30.3 Å². The molecule has 0 unspecified atom stereocenters. The van der Waals surface area contributed by atoms with E-state index in [2.05, 4.69) is 0 Å². The highest BCUT2D eigenvalue weighted by molar-refractivity contribution is 5.79. The number of hydrogen-bond donors (Lipinski definition) is 1. The summed E-state index contributed by atoms with van der Waals surface area (Å²) in [6, 6.07) is 15.0. The molecule has 2 rings (SSSR count). The SMILES string of the molecule is CCOC(=O)C(C)(C)Oc1ccc(OCc2ccccc2)cc1CO. The van der Waals surface area contributed by atoms with E-state index in [9.17, 15) is 9.90 Å². The molecule has 0 radical (unpaired) electrons. The molecule has 1 N–H and O–H groups in total. The lowest BCUT2D eigenvalue weighted by Gasteiger charge is -2.25. The molecule has 0 bridgehead atoms. The maximum Gasteiger partial charge on any atom is 0.349 e. The van der Waals surface area contributed by atoms with Crippen molar-refractivity contribution in [2.75, 3.05) is 6.61 Å². The lowest BCUT2D eigenvalue weighted by atomic mass is 10.1. The zero-order valence-electron chi connectivity index (χ0n) is 14.8. The Morgan fingerprint density at radius 1 is 1.12 bits per heavy atom. The Bertz CT molecular complexity index is 694. The summed E-state index contributed by atoms with van der Waals surface area (Å²) in [5, 5.41) is 9.62. The second-order valence-corrected chi connectivity index (χ2v) is 6.03. The largest absolute Gasteiger partial charge is 0.489 e. The Morgan fingerprint density at radius 2 is 1.84 bits per heavy atom. The topological polar surface area (TPSA) is 65.0 Å². The van der Waals surface area contributed by atoms with Gasteiger partial charge in [0.15, 0.2) is 5.60 Å². The first-order valence-electron chi connectivity index (χ1n) is 8.23. The summed E-state index contributed by atoms with van der Waals surface area (Å²) >= 11 is 0. The maximum absolute atomic E-state index is 12.0. The third-order valence-electron chi connectivity index (χ3n) is 3.58. The molecule has 5 nitrogen and oxygen atoms in total. The molecule has 0 aromatic heterocycles. The standard InChI is InChI=1S/C20H24O5/c1-4-23-19(22)20(2,3)25-18-11-10-17(12-16(18)13-21)24-14-15-8-6-5-7-9-15/h5-12,21H,4,13-14H2,1-3H3. The quantitative estimate of drug-likeness (QED) is 0.743. The van der Waals surface area contributed by atoms with Gasteiger partial charge in [-0.15, -0.1) is 0 Å². The first-order valence-corrected chi connectivity index (χ1v) is 8.23. The molecule has 0 amide bonds. The molecule has 2 aromatic rings. The van der Waals surface area contributed by atoms with Crippen molar-refractivity contribution < 1.29 is 24.1 Å². The smallest absolute Gasteiger partial charge is 0.349 e. The van der Waals surface area contributed by atoms with Gasteiger partial charge < -0.3 is 19.3 Å². The van der Waals surface area contributed by atoms with Crippen LogP contribution in [0.2, 0.25) is 0 Å². The van der Waals surface area contributed by atoms with Gasteiger partial charge in [0.05, 0.1) is 13.2 Å². The molecule has 5 heteroatoms. The molecule has 0 saturated carbocycles. The van der Waals surface area contributed by atoms with Crippen LogP contribution in [0.25, 0.3) is 0 Å². The third-order valence-corrected chi connectivity index (χ3v) is 3.58. The van der Waals surface area contributed by atoms with Gasteiger partial charge >= 0.3 is 5.97 Å². The highest BCUT2D eigenvalue weighted by Gasteiger charge is 2.32. The van der Waals surface area contributed by atoms with Crippen molar-refractivity contribution in [3.05, 3.63) is 59.7 Å². The molecule has 134 valence electrons. The summed E-state index contributed by atoms with van der Waals surface area (Å²) in [4.78, 5) is 12.0. The van der Waals surface area contributed by atoms with Crippen molar-refractivity contribution in [1.29, 1.82) is 0 Å². The summed E-state index contributed by atoms with van der Waals surface area (Å²) in [7, 11) is 0. The van der Waals surface area contributed by atoms with E-state index >= 15 is 0 Å². The van der Waals surface area contributed by atoms with Crippen LogP contribution in [-0.4, -0.2) is 23.3 Å². The van der Waals surface area contributed by atoms with Gasteiger partial charge in [-0.2, -0.15) is 0 Å². The van der Waals surface area contributed by atoms with Crippen molar-refractivity contribution in [2.24, 2.45) is 0 Å². The zero-order chi connectivity index (χ0) is 18.3. The predicted molar refractivity (Wildman–Crippen MR) is 94.5 cm³/mol. The Hall–Kier alpha value is -2.53. The number of aliphatic hydroxyl groups excluding tert-OH is 1. The Balaban J connectivity index is 2.09. The summed E-state index contributed by atoms with van der Waals surface area (Å²) in [6.45, 7) is 5.49. The molecule has 0 fully saturated rings. The second-order valence-electron chi connectivity index (χ2n) is 6.03. The van der Waals surface area contributed by atoms with Crippen LogP contribution in [-0.2, 0) is 22.7 Å². The van der Waals surface area contributed by atoms with E-state index in [1.54, 1.807) is 39.0 Å². The van der Waals surface area contributed by atoms with E-state index in [4.69, 9.17) is 14.2 Å². The Morgan fingerprint density at radius 3 is 2.48 bits per heavy atom. The van der Waals surface area contributed by atoms with Gasteiger partial charge in [0, 0.05) is 5.56 Å². The Kier molecular flexibility index (Phi) is 6.42. The average Bonchev–Trinajstić information content (AvgIpc) is 2.61. The average molecular weight is 344 g/mol. The van der Waals surface area contributed by atoms with Gasteiger partial charge in [-0.05, 0) is 44.5 Å². The molecule has 0 heterocycles. The van der Waals surface area contributed by atoms with Crippen LogP contribution in [0.4, 0.5) is 0 Å². The van der Waals surface area contributed by atoms with E-state index in [0.717, 1.165) is 5.56 Å². The first-order chi connectivity index (χ1) is 12.0. The number of hydrogen-bond acceptors (Lipinski definition) is 5. The fourth-order valence-electron chi connectivity index (χ4n) is 2.23. The number of aliphatic hydroxyl groups is 1. The summed E-state index contributed by atoms with van der Waals surface area (Å²) in [5.74, 6) is 0.588. The number of esters is 1. The monoisotopic (exact) mass is 344 g/mol. The first kappa shape index (κ1) is 18.8. The normalized spacial score (nSPS) is 11.0. The minimum absolute atomic E-state index is 0.225. The number of carbonyl (C=O) groups is 1. The molecule has 25 heavy (non-hydrogen) atoms. The van der Waals surface area contributed by atoms with Crippen LogP contribution in [0, 0.1) is 0 Å². The van der Waals surface area contributed by atoms with E-state index in [1.807, 2.05) is 30.3 Å². The van der Waals surface area contributed by atoms with Crippen LogP contribution in [0.15, 0.2) is 48.5 Å². The molecule has 0 spiro atoms. The van der Waals surface area contributed by atoms with Gasteiger partial charge in [-0.25, -0.2) is 4.79 Å². The zero-order valence-corrected chi connectivity index (χ0v) is 14.8. The van der Waals surface area contributed by atoms with Crippen molar-refractivity contribution in [3.63, 3.8) is 0 Å². The fraction of sp³-hybridized carbons (Fsp3) is 0.350. The molecule has 0 aliphatic rings. The fourth-order valence-corrected chi connectivity index (χ4v) is 2.23. The highest BCUT2D eigenvalue weighted by atomic mass is 16.6. The lowest BCUT2D eigenvalue weighted by molar-refractivity contribution is -0.158. The number of ether oxygens (including phenoxy) is 3. The molecule has 0 saturated heterocycles. The molecule has 0 aliphatic heterocycles. The summed E-state index contributed by atoms with van der Waals surface area (Å²) in [5.41, 5.74) is 0.451. The van der Waals surface area contributed by atoms with Gasteiger partial charge in [0.1, 0.15) is 18.1 Å². The second kappa shape index (κ2) is 8.53. The van der Waals surface area contributed by atoms with E-state index in [-0.39, 0.29) is 13.2 Å². The molecule has 2 aromatic carbocycles. The van der Waals surface area contributed by atoms with E-state index in [0.29, 0.717) is 23.7 Å². The van der Waals surface area contributed by atoms with Crippen molar-refractivity contribution in [3.8, 4) is 11.5 Å². The molecule has 0 aliphatic carbocycles. The number of benzene rings is 2. The Labute approximate surface area is 148 Å². The number of rotatable bonds is 8. The van der Waals surface area contributed by atoms with Crippen molar-refractivity contribution >= 4 is 5.97 Å². The molecule has 0 atom stereocenters. The number of carbonyl (C=O) groups excluding carboxylic acids is 1. The maximum atomic E-state index is 12.0. The van der Waals surface area contributed by atoms with Crippen LogP contribution >= 0.6 is 0 Å². The van der Waals surface area contributed by atoms with Crippen LogP contribution < -0.4 is 9.47 Å². The molecular weight excluding hydrogens is 320 g/mol. The van der Waals surface area contributed by atoms with Gasteiger partial charge in [-0.3, -0.25) is 0 Å². The lowest BCUT2D eigenvalue weighted by Crippen LogP contribution is -2.40. The van der Waals surface area contributed by atoms with Crippen LogP contribution in [0.5, 0.6) is 11.5 Å². The van der Waals surface area contributed by atoms with Gasteiger partial charge in [0.25, 0.3) is 0 Å². The highest BCUT2D eigenvalue weighted by Crippen LogP contribution is 2.28. The van der Waals surface area contributed by atoms with Crippen LogP contribution in [0.1, 0.15) is 31.9 Å². The predicted octanol–water partition coefficient (Wildman–Crippen LogP) is 3.48. The third kappa shape index (κ3) is 5.22. The van der Waals surface area contributed by atoms with E-state index < -0.39 is 11.6 Å². The van der Waals surface area contributed by atoms with Crippen LogP contribution in [0.3, 0.4) is 0 Å². The van der Waals surface area contributed by atoms with Crippen molar-refractivity contribution in [2.45, 2.75) is 39.6 Å². The summed E-state index contributed by atoms with van der Waals surface area (Å²) < 4.78 is 16.5. The van der Waals surface area contributed by atoms with Crippen molar-refractivity contribution in [1.82, 2.24) is 0 Å². The van der Waals surface area contributed by atoms with Gasteiger partial charge in [0.2, 0.25) is 0 Å². The van der Waals surface area contributed by atoms with E-state index in [1.165, 1.54) is 0 Å².